The number of piperazine rings is 1. The molecule has 1 aliphatic heterocycles. The van der Waals surface area contributed by atoms with Crippen LogP contribution in [0.1, 0.15) is 17.0 Å². The Balaban J connectivity index is 1.31. The van der Waals surface area contributed by atoms with Gasteiger partial charge in [-0.05, 0) is 24.3 Å². The summed E-state index contributed by atoms with van der Waals surface area (Å²) in [4.78, 5) is 25.2. The van der Waals surface area contributed by atoms with Crippen LogP contribution in [0.3, 0.4) is 0 Å². The fourth-order valence-corrected chi connectivity index (χ4v) is 4.80. The van der Waals surface area contributed by atoms with E-state index in [4.69, 9.17) is 9.15 Å². The van der Waals surface area contributed by atoms with Crippen molar-refractivity contribution in [3.63, 3.8) is 0 Å². The van der Waals surface area contributed by atoms with E-state index in [1.165, 1.54) is 18.3 Å². The first-order valence-electron chi connectivity index (χ1n) is 11.2. The minimum Gasteiger partial charge on any atom is -0.486 e. The second kappa shape index (κ2) is 9.60. The van der Waals surface area contributed by atoms with Crippen LogP contribution < -0.4 is 15.0 Å². The SMILES string of the molecule is O=C(N[C@@H]1C[C@@H](Oc2cccnc2)[C@H](O)[C@H]1N1CCN(c2ccccc2)CC1)c1cnco1. The van der Waals surface area contributed by atoms with Gasteiger partial charge in [-0.15, -0.1) is 0 Å². The standard InChI is InChI=1S/C24H27N5O4/c30-23-20(33-18-7-4-8-25-14-18)13-19(27-24(31)21-15-26-16-32-21)22(23)29-11-9-28(10-12-29)17-5-2-1-3-6-17/h1-8,14-16,19-20,22-23,30H,9-13H2,(H,27,31)/t19-,20-,22+,23+/m1/s1. The average molecular weight is 450 g/mol. The van der Waals surface area contributed by atoms with Crippen LogP contribution >= 0.6 is 0 Å². The van der Waals surface area contributed by atoms with Gasteiger partial charge in [-0.3, -0.25) is 14.7 Å². The third-order valence-corrected chi connectivity index (χ3v) is 6.38. The summed E-state index contributed by atoms with van der Waals surface area (Å²) in [6, 6.07) is 13.3. The lowest BCUT2D eigenvalue weighted by molar-refractivity contribution is 0.00522. The van der Waals surface area contributed by atoms with E-state index in [9.17, 15) is 9.90 Å². The molecule has 1 aliphatic carbocycles. The van der Waals surface area contributed by atoms with Crippen molar-refractivity contribution in [2.75, 3.05) is 31.1 Å². The molecule has 2 aromatic heterocycles. The summed E-state index contributed by atoms with van der Waals surface area (Å²) in [6.45, 7) is 3.21. The first kappa shape index (κ1) is 21.4. The molecule has 33 heavy (non-hydrogen) atoms. The number of pyridine rings is 1. The maximum absolute atomic E-state index is 12.7. The van der Waals surface area contributed by atoms with Gasteiger partial charge < -0.3 is 24.5 Å². The monoisotopic (exact) mass is 449 g/mol. The van der Waals surface area contributed by atoms with E-state index in [1.54, 1.807) is 18.5 Å². The maximum Gasteiger partial charge on any atom is 0.288 e. The number of nitrogens with one attached hydrogen (secondary N) is 1. The first-order valence-corrected chi connectivity index (χ1v) is 11.2. The number of benzene rings is 1. The van der Waals surface area contributed by atoms with Gasteiger partial charge in [0.25, 0.3) is 5.91 Å². The van der Waals surface area contributed by atoms with E-state index in [1.807, 2.05) is 24.3 Å². The van der Waals surface area contributed by atoms with Crippen LogP contribution in [0, 0.1) is 0 Å². The smallest absolute Gasteiger partial charge is 0.288 e. The zero-order chi connectivity index (χ0) is 22.6. The fourth-order valence-electron chi connectivity index (χ4n) is 4.80. The van der Waals surface area contributed by atoms with E-state index in [-0.39, 0.29) is 23.8 Å². The molecule has 1 aromatic carbocycles. The van der Waals surface area contributed by atoms with Gasteiger partial charge in [0.15, 0.2) is 6.39 Å². The van der Waals surface area contributed by atoms with E-state index in [0.29, 0.717) is 12.2 Å². The topological polar surface area (TPSA) is 104 Å². The summed E-state index contributed by atoms with van der Waals surface area (Å²) >= 11 is 0. The van der Waals surface area contributed by atoms with Crippen molar-refractivity contribution in [1.82, 2.24) is 20.2 Å². The Morgan fingerprint density at radius 2 is 1.88 bits per heavy atom. The molecule has 2 N–H and O–H groups in total. The predicted molar refractivity (Wildman–Crippen MR) is 121 cm³/mol. The molecule has 172 valence electrons. The van der Waals surface area contributed by atoms with Crippen LogP contribution in [0.25, 0.3) is 0 Å². The van der Waals surface area contributed by atoms with Crippen molar-refractivity contribution in [3.8, 4) is 5.75 Å². The van der Waals surface area contributed by atoms with Gasteiger partial charge >= 0.3 is 0 Å². The molecule has 4 atom stereocenters. The highest BCUT2D eigenvalue weighted by atomic mass is 16.5. The molecule has 1 saturated carbocycles. The summed E-state index contributed by atoms with van der Waals surface area (Å²) in [5.74, 6) is 0.393. The molecule has 1 amide bonds. The highest BCUT2D eigenvalue weighted by Crippen LogP contribution is 2.30. The number of carbonyl (C=O) groups excluding carboxylic acids is 1. The lowest BCUT2D eigenvalue weighted by Gasteiger charge is -2.42. The predicted octanol–water partition coefficient (Wildman–Crippen LogP) is 1.57. The molecule has 0 spiro atoms. The summed E-state index contributed by atoms with van der Waals surface area (Å²) in [5, 5.41) is 14.3. The number of aromatic nitrogens is 2. The molecule has 3 heterocycles. The second-order valence-electron chi connectivity index (χ2n) is 8.37. The third kappa shape index (κ3) is 4.69. The molecule has 0 radical (unpaired) electrons. The van der Waals surface area contributed by atoms with Gasteiger partial charge in [0.2, 0.25) is 5.76 Å². The molecule has 3 aromatic rings. The van der Waals surface area contributed by atoms with Crippen molar-refractivity contribution in [1.29, 1.82) is 0 Å². The number of anilines is 1. The number of carbonyl (C=O) groups is 1. The number of para-hydroxylation sites is 1. The summed E-state index contributed by atoms with van der Waals surface area (Å²) in [7, 11) is 0. The molecule has 2 fully saturated rings. The fraction of sp³-hybridized carbons (Fsp3) is 0.375. The normalized spacial score (nSPS) is 25.7. The Labute approximate surface area is 192 Å². The Bertz CT molecular complexity index is 1030. The second-order valence-corrected chi connectivity index (χ2v) is 8.37. The van der Waals surface area contributed by atoms with E-state index >= 15 is 0 Å². The Morgan fingerprint density at radius 1 is 1.06 bits per heavy atom. The molecular weight excluding hydrogens is 422 g/mol. The molecule has 0 bridgehead atoms. The van der Waals surface area contributed by atoms with Crippen LogP contribution in [-0.2, 0) is 0 Å². The van der Waals surface area contributed by atoms with Gasteiger partial charge in [0.05, 0.1) is 24.5 Å². The van der Waals surface area contributed by atoms with Gasteiger partial charge in [-0.2, -0.15) is 0 Å². The van der Waals surface area contributed by atoms with Gasteiger partial charge in [0.1, 0.15) is 18.0 Å². The first-order chi connectivity index (χ1) is 16.2. The zero-order valence-electron chi connectivity index (χ0n) is 18.2. The lowest BCUT2D eigenvalue weighted by atomic mass is 10.1. The largest absolute Gasteiger partial charge is 0.486 e. The zero-order valence-corrected chi connectivity index (χ0v) is 18.2. The van der Waals surface area contributed by atoms with Crippen LogP contribution in [0.4, 0.5) is 5.69 Å². The van der Waals surface area contributed by atoms with E-state index in [2.05, 4.69) is 37.2 Å². The summed E-state index contributed by atoms with van der Waals surface area (Å²) in [6.07, 6.45) is 5.15. The number of ether oxygens (including phenoxy) is 1. The van der Waals surface area contributed by atoms with Crippen molar-refractivity contribution in [2.24, 2.45) is 0 Å². The molecule has 9 heteroatoms. The number of hydrogen-bond acceptors (Lipinski definition) is 8. The Morgan fingerprint density at radius 3 is 2.58 bits per heavy atom. The van der Waals surface area contributed by atoms with Crippen LogP contribution in [-0.4, -0.2) is 76.4 Å². The molecule has 1 saturated heterocycles. The van der Waals surface area contributed by atoms with Crippen molar-refractivity contribution in [3.05, 3.63) is 73.2 Å². The van der Waals surface area contributed by atoms with Crippen LogP contribution in [0.5, 0.6) is 5.75 Å². The number of amides is 1. The number of aliphatic hydroxyl groups is 1. The summed E-state index contributed by atoms with van der Waals surface area (Å²) in [5.41, 5.74) is 1.19. The molecule has 9 nitrogen and oxygen atoms in total. The average Bonchev–Trinajstić information content (AvgIpc) is 3.50. The van der Waals surface area contributed by atoms with Gasteiger partial charge in [-0.1, -0.05) is 18.2 Å². The van der Waals surface area contributed by atoms with Crippen molar-refractivity contribution >= 4 is 11.6 Å². The number of oxazole rings is 1. The number of nitrogens with zero attached hydrogens (tertiary/aromatic N) is 4. The van der Waals surface area contributed by atoms with Gasteiger partial charge in [-0.25, -0.2) is 4.98 Å². The van der Waals surface area contributed by atoms with Gasteiger partial charge in [0, 0.05) is 44.5 Å². The van der Waals surface area contributed by atoms with Crippen molar-refractivity contribution < 1.29 is 19.1 Å². The maximum atomic E-state index is 12.7. The van der Waals surface area contributed by atoms with E-state index in [0.717, 1.165) is 26.2 Å². The molecule has 0 unspecified atom stereocenters. The van der Waals surface area contributed by atoms with Crippen molar-refractivity contribution in [2.45, 2.75) is 30.7 Å². The molecular formula is C24H27N5O4. The minimum absolute atomic E-state index is 0.147. The number of rotatable bonds is 6. The number of hydrogen-bond donors (Lipinski definition) is 2. The highest BCUT2D eigenvalue weighted by Gasteiger charge is 2.48. The quantitative estimate of drug-likeness (QED) is 0.585. The summed E-state index contributed by atoms with van der Waals surface area (Å²) < 4.78 is 11.2. The molecule has 2 aliphatic rings. The Kier molecular flexibility index (Phi) is 6.23. The Hall–Kier alpha value is -3.43. The van der Waals surface area contributed by atoms with E-state index < -0.39 is 12.2 Å². The number of aliphatic hydroxyl groups excluding tert-OH is 1. The molecule has 5 rings (SSSR count). The lowest BCUT2D eigenvalue weighted by Crippen LogP contribution is -2.59. The van der Waals surface area contributed by atoms with Crippen LogP contribution in [0.2, 0.25) is 0 Å². The highest BCUT2D eigenvalue weighted by molar-refractivity contribution is 5.91. The minimum atomic E-state index is -0.770. The third-order valence-electron chi connectivity index (χ3n) is 6.38. The van der Waals surface area contributed by atoms with Crippen LogP contribution in [0.15, 0.2) is 71.9 Å².